The third-order valence-corrected chi connectivity index (χ3v) is 4.19. The van der Waals surface area contributed by atoms with Crippen LogP contribution in [0.2, 0.25) is 0 Å². The zero-order chi connectivity index (χ0) is 12.8. The Balaban J connectivity index is 1.78. The van der Waals surface area contributed by atoms with Gasteiger partial charge in [0.15, 0.2) is 5.82 Å². The van der Waals surface area contributed by atoms with Crippen molar-refractivity contribution in [2.75, 3.05) is 5.73 Å². The van der Waals surface area contributed by atoms with Crippen LogP contribution >= 0.6 is 0 Å². The van der Waals surface area contributed by atoms with E-state index in [1.807, 2.05) is 28.9 Å². The normalized spacial score (nSPS) is 19.0. The van der Waals surface area contributed by atoms with E-state index in [4.69, 9.17) is 5.73 Å². The lowest BCUT2D eigenvalue weighted by Crippen LogP contribution is -2.16. The molecule has 0 amide bonds. The van der Waals surface area contributed by atoms with Gasteiger partial charge in [0.2, 0.25) is 0 Å². The molecule has 0 atom stereocenters. The van der Waals surface area contributed by atoms with E-state index in [9.17, 15) is 0 Å². The van der Waals surface area contributed by atoms with Crippen LogP contribution in [0, 0.1) is 11.8 Å². The molecule has 2 aromatic rings. The molecule has 2 fully saturated rings. The van der Waals surface area contributed by atoms with Gasteiger partial charge in [0.25, 0.3) is 0 Å². The molecule has 1 heterocycles. The van der Waals surface area contributed by atoms with Crippen molar-refractivity contribution in [2.45, 2.75) is 31.7 Å². The van der Waals surface area contributed by atoms with Gasteiger partial charge in [-0.3, -0.25) is 0 Å². The lowest BCUT2D eigenvalue weighted by atomic mass is 10.1. The van der Waals surface area contributed by atoms with Gasteiger partial charge in [0.05, 0.1) is 6.04 Å². The van der Waals surface area contributed by atoms with E-state index >= 15 is 0 Å². The minimum Gasteiger partial charge on any atom is -0.398 e. The molecule has 19 heavy (non-hydrogen) atoms. The van der Waals surface area contributed by atoms with Gasteiger partial charge in [-0.05, 0) is 60.1 Å². The highest BCUT2D eigenvalue weighted by Gasteiger charge is 2.44. The molecule has 2 saturated carbocycles. The van der Waals surface area contributed by atoms with Crippen molar-refractivity contribution in [1.29, 1.82) is 0 Å². The zero-order valence-electron chi connectivity index (χ0n) is 10.7. The summed E-state index contributed by atoms with van der Waals surface area (Å²) in [6.07, 6.45) is 5.24. The molecule has 0 unspecified atom stereocenters. The number of para-hydroxylation sites is 1. The number of hydrogen-bond acceptors (Lipinski definition) is 4. The lowest BCUT2D eigenvalue weighted by Gasteiger charge is -2.17. The van der Waals surface area contributed by atoms with Crippen molar-refractivity contribution < 1.29 is 0 Å². The zero-order valence-corrected chi connectivity index (χ0v) is 10.7. The smallest absolute Gasteiger partial charge is 0.184 e. The molecule has 0 bridgehead atoms. The number of hydrogen-bond donors (Lipinski definition) is 1. The minimum atomic E-state index is 0.476. The second-order valence-electron chi connectivity index (χ2n) is 5.70. The Kier molecular flexibility index (Phi) is 2.33. The summed E-state index contributed by atoms with van der Waals surface area (Å²) in [4.78, 5) is 0. The Morgan fingerprint density at radius 3 is 2.42 bits per heavy atom. The Labute approximate surface area is 111 Å². The average Bonchev–Trinajstić information content (AvgIpc) is 3.32. The summed E-state index contributed by atoms with van der Waals surface area (Å²) < 4.78 is 2.03. The lowest BCUT2D eigenvalue weighted by molar-refractivity contribution is 0.357. The van der Waals surface area contributed by atoms with E-state index in [1.54, 1.807) is 0 Å². The molecule has 5 nitrogen and oxygen atoms in total. The van der Waals surface area contributed by atoms with Crippen molar-refractivity contribution in [3.63, 3.8) is 0 Å². The molecule has 2 aliphatic carbocycles. The van der Waals surface area contributed by atoms with Crippen LogP contribution in [-0.4, -0.2) is 20.2 Å². The third-order valence-electron chi connectivity index (χ3n) is 4.19. The molecule has 0 saturated heterocycles. The monoisotopic (exact) mass is 255 g/mol. The van der Waals surface area contributed by atoms with E-state index in [2.05, 4.69) is 15.5 Å². The molecule has 0 aliphatic heterocycles. The van der Waals surface area contributed by atoms with Gasteiger partial charge >= 0.3 is 0 Å². The summed E-state index contributed by atoms with van der Waals surface area (Å²) >= 11 is 0. The number of nitrogen functional groups attached to an aromatic ring is 1. The van der Waals surface area contributed by atoms with Crippen LogP contribution in [0.3, 0.4) is 0 Å². The van der Waals surface area contributed by atoms with Gasteiger partial charge < -0.3 is 5.73 Å². The Morgan fingerprint density at radius 1 is 1.11 bits per heavy atom. The summed E-state index contributed by atoms with van der Waals surface area (Å²) in [5.41, 5.74) is 7.74. The number of nitrogens with two attached hydrogens (primary N) is 1. The van der Waals surface area contributed by atoms with Crippen LogP contribution in [0.25, 0.3) is 11.4 Å². The van der Waals surface area contributed by atoms with Gasteiger partial charge in [-0.1, -0.05) is 12.1 Å². The van der Waals surface area contributed by atoms with Gasteiger partial charge in [-0.2, -0.15) is 0 Å². The first kappa shape index (κ1) is 11.0. The van der Waals surface area contributed by atoms with Crippen LogP contribution in [0.4, 0.5) is 5.69 Å². The number of anilines is 1. The molecular weight excluding hydrogens is 238 g/mol. The van der Waals surface area contributed by atoms with E-state index < -0.39 is 0 Å². The molecular formula is C14H17N5. The predicted molar refractivity (Wildman–Crippen MR) is 72.2 cm³/mol. The number of benzene rings is 1. The summed E-state index contributed by atoms with van der Waals surface area (Å²) in [6, 6.07) is 8.29. The Morgan fingerprint density at radius 2 is 1.79 bits per heavy atom. The highest BCUT2D eigenvalue weighted by Crippen LogP contribution is 2.52. The van der Waals surface area contributed by atoms with E-state index in [1.165, 1.54) is 25.7 Å². The van der Waals surface area contributed by atoms with Crippen molar-refractivity contribution in [1.82, 2.24) is 20.2 Å². The van der Waals surface area contributed by atoms with Crippen molar-refractivity contribution in [2.24, 2.45) is 11.8 Å². The first-order chi connectivity index (χ1) is 9.34. The summed E-state index contributed by atoms with van der Waals surface area (Å²) in [6.45, 7) is 0. The molecule has 2 N–H and O–H groups in total. The van der Waals surface area contributed by atoms with Gasteiger partial charge in [-0.25, -0.2) is 4.68 Å². The molecule has 5 heteroatoms. The SMILES string of the molecule is Nc1ccccc1-c1nnnn1C(C1CC1)C1CC1. The topological polar surface area (TPSA) is 69.6 Å². The number of aromatic nitrogens is 4. The molecule has 2 aliphatic rings. The number of tetrazole rings is 1. The van der Waals surface area contributed by atoms with E-state index in [0.29, 0.717) is 6.04 Å². The highest BCUT2D eigenvalue weighted by atomic mass is 15.6. The van der Waals surface area contributed by atoms with E-state index in [0.717, 1.165) is 28.9 Å². The van der Waals surface area contributed by atoms with Crippen LogP contribution in [0.1, 0.15) is 31.7 Å². The van der Waals surface area contributed by atoms with Gasteiger partial charge in [0.1, 0.15) is 0 Å². The van der Waals surface area contributed by atoms with Crippen molar-refractivity contribution in [3.05, 3.63) is 24.3 Å². The molecule has 1 aromatic carbocycles. The van der Waals surface area contributed by atoms with Crippen LogP contribution in [-0.2, 0) is 0 Å². The summed E-state index contributed by atoms with van der Waals surface area (Å²) in [7, 11) is 0. The molecule has 0 radical (unpaired) electrons. The van der Waals surface area contributed by atoms with Crippen LogP contribution in [0.5, 0.6) is 0 Å². The van der Waals surface area contributed by atoms with Gasteiger partial charge in [-0.15, -0.1) is 5.10 Å². The first-order valence-electron chi connectivity index (χ1n) is 6.97. The Bertz CT molecular complexity index is 585. The maximum absolute atomic E-state index is 6.06. The van der Waals surface area contributed by atoms with Crippen LogP contribution < -0.4 is 5.73 Å². The fourth-order valence-corrected chi connectivity index (χ4v) is 2.93. The van der Waals surface area contributed by atoms with Crippen LogP contribution in [0.15, 0.2) is 24.3 Å². The van der Waals surface area contributed by atoms with E-state index in [-0.39, 0.29) is 0 Å². The largest absolute Gasteiger partial charge is 0.398 e. The second kappa shape index (κ2) is 4.05. The first-order valence-corrected chi connectivity index (χ1v) is 6.97. The maximum atomic E-state index is 6.06. The van der Waals surface area contributed by atoms with Crippen molar-refractivity contribution in [3.8, 4) is 11.4 Å². The number of nitrogens with zero attached hydrogens (tertiary/aromatic N) is 4. The fourth-order valence-electron chi connectivity index (χ4n) is 2.93. The quantitative estimate of drug-likeness (QED) is 0.851. The third kappa shape index (κ3) is 1.89. The standard InChI is InChI=1S/C14H17N5/c15-12-4-2-1-3-11(12)14-16-17-18-19(14)13(9-5-6-9)10-7-8-10/h1-4,9-10,13H,5-8,15H2. The van der Waals surface area contributed by atoms with Crippen molar-refractivity contribution >= 4 is 5.69 Å². The highest BCUT2D eigenvalue weighted by molar-refractivity contribution is 5.71. The minimum absolute atomic E-state index is 0.476. The predicted octanol–water partition coefficient (Wildman–Crippen LogP) is 2.28. The van der Waals surface area contributed by atoms with Gasteiger partial charge in [0, 0.05) is 11.3 Å². The summed E-state index contributed by atoms with van der Waals surface area (Å²) in [5, 5.41) is 12.4. The maximum Gasteiger partial charge on any atom is 0.184 e. The Hall–Kier alpha value is -1.91. The molecule has 0 spiro atoms. The molecule has 1 aromatic heterocycles. The fraction of sp³-hybridized carbons (Fsp3) is 0.500. The summed E-state index contributed by atoms with van der Waals surface area (Å²) in [5.74, 6) is 2.35. The number of rotatable bonds is 4. The second-order valence-corrected chi connectivity index (χ2v) is 5.70. The molecule has 98 valence electrons. The molecule has 4 rings (SSSR count). The average molecular weight is 255 g/mol.